The Balaban J connectivity index is 2.99. The van der Waals surface area contributed by atoms with Crippen LogP contribution in [0.4, 0.5) is 0 Å². The molecule has 1 rings (SSSR count). The number of aromatic nitrogens is 2. The molecule has 0 aromatic carbocycles. The maximum atomic E-state index is 11.5. The average Bonchev–Trinajstić information content (AvgIpc) is 2.61. The standard InChI is InChI=1S/C9H11BrN2O4/c1-3-15-7(13)5-6(8(14)16-4-2)12-9(10)11-5/h3-4H2,1-2H3,(H,11,12). The van der Waals surface area contributed by atoms with E-state index in [1.165, 1.54) is 0 Å². The van der Waals surface area contributed by atoms with Crippen LogP contribution in [0, 0.1) is 0 Å². The number of rotatable bonds is 4. The van der Waals surface area contributed by atoms with Crippen molar-refractivity contribution in [3.05, 3.63) is 16.1 Å². The van der Waals surface area contributed by atoms with Crippen molar-refractivity contribution >= 4 is 27.9 Å². The number of ether oxygens (including phenoxy) is 2. The number of carbonyl (C=O) groups is 2. The number of aromatic amines is 1. The van der Waals surface area contributed by atoms with Crippen LogP contribution in [0.5, 0.6) is 0 Å². The molecule has 0 saturated heterocycles. The molecule has 0 radical (unpaired) electrons. The van der Waals surface area contributed by atoms with E-state index in [-0.39, 0.29) is 29.3 Å². The molecule has 0 spiro atoms. The minimum atomic E-state index is -0.660. The van der Waals surface area contributed by atoms with Crippen molar-refractivity contribution < 1.29 is 19.1 Å². The monoisotopic (exact) mass is 290 g/mol. The molecule has 1 N–H and O–H groups in total. The lowest BCUT2D eigenvalue weighted by atomic mass is 10.3. The third kappa shape index (κ3) is 2.82. The lowest BCUT2D eigenvalue weighted by Gasteiger charge is -2.01. The highest BCUT2D eigenvalue weighted by atomic mass is 79.9. The van der Waals surface area contributed by atoms with Crippen molar-refractivity contribution in [2.75, 3.05) is 13.2 Å². The molecular weight excluding hydrogens is 280 g/mol. The van der Waals surface area contributed by atoms with Gasteiger partial charge in [0.05, 0.1) is 13.2 Å². The van der Waals surface area contributed by atoms with Crippen molar-refractivity contribution in [3.8, 4) is 0 Å². The van der Waals surface area contributed by atoms with Gasteiger partial charge in [0.15, 0.2) is 16.1 Å². The Morgan fingerprint density at radius 2 is 1.81 bits per heavy atom. The van der Waals surface area contributed by atoms with Gasteiger partial charge in [-0.2, -0.15) is 0 Å². The molecule has 0 aliphatic carbocycles. The number of halogens is 1. The summed E-state index contributed by atoms with van der Waals surface area (Å²) < 4.78 is 9.81. The van der Waals surface area contributed by atoms with Crippen LogP contribution in [0.2, 0.25) is 0 Å². The van der Waals surface area contributed by atoms with Crippen molar-refractivity contribution in [1.82, 2.24) is 9.97 Å². The van der Waals surface area contributed by atoms with Crippen molar-refractivity contribution in [1.29, 1.82) is 0 Å². The minimum absolute atomic E-state index is 0.00725. The Morgan fingerprint density at radius 1 is 1.25 bits per heavy atom. The van der Waals surface area contributed by atoms with Gasteiger partial charge < -0.3 is 14.5 Å². The number of carbonyl (C=O) groups excluding carboxylic acids is 2. The Morgan fingerprint density at radius 3 is 2.38 bits per heavy atom. The summed E-state index contributed by atoms with van der Waals surface area (Å²) in [5, 5.41) is 0. The van der Waals surface area contributed by atoms with E-state index in [1.54, 1.807) is 13.8 Å². The quantitative estimate of drug-likeness (QED) is 0.851. The highest BCUT2D eigenvalue weighted by Crippen LogP contribution is 2.13. The molecule has 1 heterocycles. The number of hydrogen-bond donors (Lipinski definition) is 1. The van der Waals surface area contributed by atoms with Crippen molar-refractivity contribution in [2.45, 2.75) is 13.8 Å². The number of nitrogens with one attached hydrogen (secondary N) is 1. The van der Waals surface area contributed by atoms with Gasteiger partial charge in [0.25, 0.3) is 0 Å². The second kappa shape index (κ2) is 5.64. The van der Waals surface area contributed by atoms with Gasteiger partial charge >= 0.3 is 11.9 Å². The molecule has 0 bridgehead atoms. The molecule has 0 fully saturated rings. The zero-order valence-corrected chi connectivity index (χ0v) is 10.5. The van der Waals surface area contributed by atoms with Crippen LogP contribution in [0.1, 0.15) is 34.8 Å². The Labute approximate surface area is 100 Å². The van der Waals surface area contributed by atoms with Crippen molar-refractivity contribution in [3.63, 3.8) is 0 Å². The van der Waals surface area contributed by atoms with E-state index in [4.69, 9.17) is 9.47 Å². The second-order valence-corrected chi connectivity index (χ2v) is 3.44. The number of imidazole rings is 1. The molecule has 0 aliphatic rings. The van der Waals surface area contributed by atoms with Crippen LogP contribution in [-0.2, 0) is 9.47 Å². The van der Waals surface area contributed by atoms with Gasteiger partial charge in [0.1, 0.15) is 0 Å². The van der Waals surface area contributed by atoms with E-state index in [9.17, 15) is 9.59 Å². The first-order valence-corrected chi connectivity index (χ1v) is 5.49. The summed E-state index contributed by atoms with van der Waals surface area (Å²) >= 11 is 3.04. The average molecular weight is 291 g/mol. The lowest BCUT2D eigenvalue weighted by molar-refractivity contribution is 0.0471. The molecule has 0 atom stereocenters. The van der Waals surface area contributed by atoms with E-state index in [0.717, 1.165) is 0 Å². The summed E-state index contributed by atoms with van der Waals surface area (Å²) in [5.41, 5.74) is -0.0839. The third-order valence-corrected chi connectivity index (χ3v) is 2.00. The highest BCUT2D eigenvalue weighted by Gasteiger charge is 2.24. The first-order chi connectivity index (χ1) is 7.60. The van der Waals surface area contributed by atoms with Crippen LogP contribution < -0.4 is 0 Å². The maximum absolute atomic E-state index is 11.5. The Hall–Kier alpha value is -1.37. The molecule has 88 valence electrons. The van der Waals surface area contributed by atoms with Crippen LogP contribution in [0.15, 0.2) is 4.73 Å². The summed E-state index contributed by atoms with van der Waals surface area (Å²) in [6.45, 7) is 3.78. The van der Waals surface area contributed by atoms with E-state index in [1.807, 2.05) is 0 Å². The molecule has 0 unspecified atom stereocenters. The van der Waals surface area contributed by atoms with Gasteiger partial charge in [-0.05, 0) is 29.8 Å². The van der Waals surface area contributed by atoms with Gasteiger partial charge in [0.2, 0.25) is 0 Å². The van der Waals surface area contributed by atoms with E-state index in [2.05, 4.69) is 25.9 Å². The van der Waals surface area contributed by atoms with Gasteiger partial charge in [-0.3, -0.25) is 0 Å². The summed E-state index contributed by atoms with van der Waals surface area (Å²) in [6.07, 6.45) is 0. The van der Waals surface area contributed by atoms with E-state index in [0.29, 0.717) is 0 Å². The molecule has 7 heteroatoms. The third-order valence-electron chi connectivity index (χ3n) is 1.62. The zero-order chi connectivity index (χ0) is 12.1. The molecule has 16 heavy (non-hydrogen) atoms. The number of esters is 2. The van der Waals surface area contributed by atoms with Gasteiger partial charge in [-0.1, -0.05) is 0 Å². The van der Waals surface area contributed by atoms with Crippen molar-refractivity contribution in [2.24, 2.45) is 0 Å². The summed E-state index contributed by atoms with van der Waals surface area (Å²) in [5.74, 6) is -1.30. The molecule has 0 saturated carbocycles. The largest absolute Gasteiger partial charge is 0.461 e. The predicted octanol–water partition coefficient (Wildman–Crippen LogP) is 1.53. The fraction of sp³-hybridized carbons (Fsp3) is 0.444. The zero-order valence-electron chi connectivity index (χ0n) is 8.87. The number of nitrogens with zero attached hydrogens (tertiary/aromatic N) is 1. The second-order valence-electron chi connectivity index (χ2n) is 2.69. The summed E-state index contributed by atoms with van der Waals surface area (Å²) in [7, 11) is 0. The van der Waals surface area contributed by atoms with Gasteiger partial charge in [-0.15, -0.1) is 0 Å². The molecule has 0 aliphatic heterocycles. The smallest absolute Gasteiger partial charge is 0.359 e. The molecule has 0 amide bonds. The molecular formula is C9H11BrN2O4. The minimum Gasteiger partial charge on any atom is -0.461 e. The topological polar surface area (TPSA) is 81.3 Å². The SMILES string of the molecule is CCOC(=O)c1nc(Br)[nH]c1C(=O)OCC. The number of H-pyrrole nitrogens is 1. The first-order valence-electron chi connectivity index (χ1n) is 4.69. The fourth-order valence-corrected chi connectivity index (χ4v) is 1.42. The van der Waals surface area contributed by atoms with Gasteiger partial charge in [0, 0.05) is 0 Å². The summed E-state index contributed by atoms with van der Waals surface area (Å²) in [4.78, 5) is 29.3. The highest BCUT2D eigenvalue weighted by molar-refractivity contribution is 9.10. The normalized spacial score (nSPS) is 9.94. The van der Waals surface area contributed by atoms with Crippen LogP contribution in [0.25, 0.3) is 0 Å². The predicted molar refractivity (Wildman–Crippen MR) is 58.2 cm³/mol. The molecule has 6 nitrogen and oxygen atoms in total. The molecule has 1 aromatic rings. The molecule has 1 aromatic heterocycles. The summed E-state index contributed by atoms with van der Waals surface area (Å²) in [6, 6.07) is 0. The van der Waals surface area contributed by atoms with E-state index < -0.39 is 11.9 Å². The van der Waals surface area contributed by atoms with Crippen LogP contribution >= 0.6 is 15.9 Å². The lowest BCUT2D eigenvalue weighted by Crippen LogP contribution is -2.13. The Bertz CT molecular complexity index is 367. The van der Waals surface area contributed by atoms with Crippen LogP contribution in [-0.4, -0.2) is 35.1 Å². The van der Waals surface area contributed by atoms with E-state index >= 15 is 0 Å². The number of hydrogen-bond acceptors (Lipinski definition) is 5. The maximum Gasteiger partial charge on any atom is 0.359 e. The van der Waals surface area contributed by atoms with Gasteiger partial charge in [-0.25, -0.2) is 14.6 Å². The Kier molecular flexibility index (Phi) is 4.48. The van der Waals surface area contributed by atoms with Crippen LogP contribution in [0.3, 0.4) is 0 Å². The first kappa shape index (κ1) is 12.7. The fourth-order valence-electron chi connectivity index (χ4n) is 1.04.